The first-order valence-electron chi connectivity index (χ1n) is 11.1. The van der Waals surface area contributed by atoms with Crippen molar-refractivity contribution < 1.29 is 23.7 Å². The number of nitrogens with one attached hydrogen (secondary N) is 1. The third kappa shape index (κ3) is 3.84. The van der Waals surface area contributed by atoms with Crippen LogP contribution in [0.4, 0.5) is 0 Å². The van der Waals surface area contributed by atoms with Crippen LogP contribution in [0.2, 0.25) is 0 Å². The third-order valence-corrected chi connectivity index (χ3v) is 5.98. The van der Waals surface area contributed by atoms with Crippen LogP contribution < -0.4 is 19.6 Å². The maximum atomic E-state index is 11.9. The lowest BCUT2D eigenvalue weighted by Crippen LogP contribution is -2.43. The first-order chi connectivity index (χ1) is 16.6. The average molecular weight is 459 g/mol. The van der Waals surface area contributed by atoms with Crippen molar-refractivity contribution >= 4 is 11.7 Å². The number of hydrogen-bond acceptors (Lipinski definition) is 7. The summed E-state index contributed by atoms with van der Waals surface area (Å²) in [6.45, 7) is 2.49. The number of hydrogen-bond donors (Lipinski definition) is 1. The molecule has 2 heterocycles. The van der Waals surface area contributed by atoms with Crippen LogP contribution in [0.5, 0.6) is 17.2 Å². The van der Waals surface area contributed by atoms with Gasteiger partial charge in [0, 0.05) is 16.7 Å². The molecule has 7 nitrogen and oxygen atoms in total. The van der Waals surface area contributed by atoms with Crippen LogP contribution in [0.25, 0.3) is 5.70 Å². The summed E-state index contributed by atoms with van der Waals surface area (Å²) < 4.78 is 22.7. The molecular weight excluding hydrogens is 432 g/mol. The van der Waals surface area contributed by atoms with Gasteiger partial charge in [-0.2, -0.15) is 5.01 Å². The van der Waals surface area contributed by atoms with E-state index in [1.54, 1.807) is 19.2 Å². The molecule has 0 spiro atoms. The molecule has 0 bridgehead atoms. The van der Waals surface area contributed by atoms with Gasteiger partial charge >= 0.3 is 5.97 Å². The highest BCUT2D eigenvalue weighted by Crippen LogP contribution is 2.49. The SMILES string of the molecule is CCOc1cccc2c1OC(c1ccc(C(=O)OC)cc1)N1NC(c3cccc(OC)c3)=CC21. The second kappa shape index (κ2) is 9.11. The first-order valence-corrected chi connectivity index (χ1v) is 11.1. The van der Waals surface area contributed by atoms with Gasteiger partial charge in [0.2, 0.25) is 0 Å². The number of benzene rings is 3. The van der Waals surface area contributed by atoms with Crippen LogP contribution in [0.3, 0.4) is 0 Å². The summed E-state index contributed by atoms with van der Waals surface area (Å²) in [6.07, 6.45) is 1.73. The van der Waals surface area contributed by atoms with Crippen LogP contribution >= 0.6 is 0 Å². The molecule has 2 aliphatic rings. The fourth-order valence-corrected chi connectivity index (χ4v) is 4.34. The van der Waals surface area contributed by atoms with Gasteiger partial charge in [-0.05, 0) is 43.3 Å². The highest BCUT2D eigenvalue weighted by Gasteiger charge is 2.41. The van der Waals surface area contributed by atoms with Gasteiger partial charge in [0.15, 0.2) is 17.7 Å². The molecule has 3 aromatic rings. The van der Waals surface area contributed by atoms with E-state index in [0.29, 0.717) is 17.9 Å². The number of nitrogens with zero attached hydrogens (tertiary/aromatic N) is 1. The number of carbonyl (C=O) groups is 1. The van der Waals surface area contributed by atoms with Gasteiger partial charge in [-0.1, -0.05) is 36.4 Å². The Balaban J connectivity index is 1.57. The Hall–Kier alpha value is -3.97. The maximum absolute atomic E-state index is 11.9. The van der Waals surface area contributed by atoms with Crippen molar-refractivity contribution in [3.05, 3.63) is 95.1 Å². The number of hydrazine groups is 1. The first kappa shape index (κ1) is 21.9. The monoisotopic (exact) mass is 458 g/mol. The zero-order chi connectivity index (χ0) is 23.7. The number of carbonyl (C=O) groups excluding carboxylic acids is 1. The number of rotatable bonds is 6. The van der Waals surface area contributed by atoms with E-state index in [2.05, 4.69) is 22.6 Å². The minimum atomic E-state index is -0.454. The number of fused-ring (bicyclic) bond motifs is 3. The Bertz CT molecular complexity index is 1240. The van der Waals surface area contributed by atoms with Gasteiger partial charge in [0.1, 0.15) is 5.75 Å². The van der Waals surface area contributed by atoms with E-state index in [1.165, 1.54) is 7.11 Å². The van der Waals surface area contributed by atoms with E-state index in [1.807, 2.05) is 55.5 Å². The molecule has 0 saturated heterocycles. The van der Waals surface area contributed by atoms with E-state index in [0.717, 1.165) is 33.9 Å². The van der Waals surface area contributed by atoms with Crippen LogP contribution in [0.15, 0.2) is 72.8 Å². The molecule has 3 aromatic carbocycles. The van der Waals surface area contributed by atoms with Gasteiger partial charge in [-0.15, -0.1) is 0 Å². The summed E-state index contributed by atoms with van der Waals surface area (Å²) in [5.41, 5.74) is 7.89. The molecule has 1 N–H and O–H groups in total. The molecule has 2 unspecified atom stereocenters. The lowest BCUT2D eigenvalue weighted by molar-refractivity contribution is -0.0345. The van der Waals surface area contributed by atoms with Crippen LogP contribution in [0, 0.1) is 0 Å². The Labute approximate surface area is 198 Å². The Morgan fingerprint density at radius 3 is 2.59 bits per heavy atom. The van der Waals surface area contributed by atoms with E-state index in [9.17, 15) is 4.79 Å². The smallest absolute Gasteiger partial charge is 0.337 e. The molecule has 174 valence electrons. The van der Waals surface area contributed by atoms with Crippen LogP contribution in [-0.4, -0.2) is 31.8 Å². The quantitative estimate of drug-likeness (QED) is 0.528. The Morgan fingerprint density at radius 2 is 1.85 bits per heavy atom. The topological polar surface area (TPSA) is 69.3 Å². The normalized spacial score (nSPS) is 18.6. The molecule has 2 aliphatic heterocycles. The molecule has 0 saturated carbocycles. The largest absolute Gasteiger partial charge is 0.497 e. The average Bonchev–Trinajstić information content (AvgIpc) is 3.34. The molecule has 2 atom stereocenters. The van der Waals surface area contributed by atoms with Gasteiger partial charge in [-0.25, -0.2) is 4.79 Å². The molecule has 34 heavy (non-hydrogen) atoms. The van der Waals surface area contributed by atoms with Crippen molar-refractivity contribution in [2.75, 3.05) is 20.8 Å². The molecule has 0 radical (unpaired) electrons. The molecule has 0 amide bonds. The molecule has 0 aliphatic carbocycles. The second-order valence-electron chi connectivity index (χ2n) is 7.97. The van der Waals surface area contributed by atoms with Crippen molar-refractivity contribution in [2.24, 2.45) is 0 Å². The highest BCUT2D eigenvalue weighted by atomic mass is 16.5. The zero-order valence-corrected chi connectivity index (χ0v) is 19.3. The van der Waals surface area contributed by atoms with Crippen molar-refractivity contribution in [1.82, 2.24) is 10.4 Å². The van der Waals surface area contributed by atoms with Crippen molar-refractivity contribution in [1.29, 1.82) is 0 Å². The molecule has 5 rings (SSSR count). The Kier molecular flexibility index (Phi) is 5.86. The predicted molar refractivity (Wildman–Crippen MR) is 127 cm³/mol. The molecular formula is C27H26N2O5. The standard InChI is InChI=1S/C27H26N2O5/c1-4-33-24-10-6-9-21-23-16-22(19-7-5-8-20(15-19)31-2)28-29(23)26(34-25(21)24)17-11-13-18(14-12-17)27(30)32-3/h5-16,23,26,28H,4H2,1-3H3. The highest BCUT2D eigenvalue weighted by molar-refractivity contribution is 5.89. The van der Waals surface area contributed by atoms with E-state index >= 15 is 0 Å². The number of methoxy groups -OCH3 is 2. The van der Waals surface area contributed by atoms with E-state index < -0.39 is 6.23 Å². The Morgan fingerprint density at radius 1 is 1.06 bits per heavy atom. The fraction of sp³-hybridized carbons (Fsp3) is 0.222. The second-order valence-corrected chi connectivity index (χ2v) is 7.97. The third-order valence-electron chi connectivity index (χ3n) is 5.98. The summed E-state index contributed by atoms with van der Waals surface area (Å²) in [7, 11) is 3.03. The van der Waals surface area contributed by atoms with Gasteiger partial charge in [0.05, 0.1) is 38.1 Å². The summed E-state index contributed by atoms with van der Waals surface area (Å²) in [5, 5.41) is 2.07. The summed E-state index contributed by atoms with van der Waals surface area (Å²) in [5.74, 6) is 1.84. The summed E-state index contributed by atoms with van der Waals surface area (Å²) >= 11 is 0. The number of para-hydroxylation sites is 1. The minimum absolute atomic E-state index is 0.0874. The van der Waals surface area contributed by atoms with Gasteiger partial charge < -0.3 is 24.4 Å². The van der Waals surface area contributed by atoms with Crippen LogP contribution in [-0.2, 0) is 4.74 Å². The fourth-order valence-electron chi connectivity index (χ4n) is 4.34. The van der Waals surface area contributed by atoms with Crippen LogP contribution in [0.1, 0.15) is 46.2 Å². The number of ether oxygens (including phenoxy) is 4. The number of esters is 1. The molecule has 7 heteroatoms. The van der Waals surface area contributed by atoms with Crippen molar-refractivity contribution in [3.63, 3.8) is 0 Å². The molecule has 0 fully saturated rings. The van der Waals surface area contributed by atoms with Crippen molar-refractivity contribution in [2.45, 2.75) is 19.2 Å². The van der Waals surface area contributed by atoms with Gasteiger partial charge in [-0.3, -0.25) is 0 Å². The van der Waals surface area contributed by atoms with Crippen molar-refractivity contribution in [3.8, 4) is 17.2 Å². The molecule has 0 aromatic heterocycles. The van der Waals surface area contributed by atoms with Gasteiger partial charge in [0.25, 0.3) is 0 Å². The summed E-state index contributed by atoms with van der Waals surface area (Å²) in [4.78, 5) is 11.9. The van der Waals surface area contributed by atoms with E-state index in [4.69, 9.17) is 18.9 Å². The predicted octanol–water partition coefficient (Wildman–Crippen LogP) is 4.87. The minimum Gasteiger partial charge on any atom is -0.497 e. The lowest BCUT2D eigenvalue weighted by Gasteiger charge is -2.39. The van der Waals surface area contributed by atoms with E-state index in [-0.39, 0.29) is 12.0 Å². The maximum Gasteiger partial charge on any atom is 0.337 e. The lowest BCUT2D eigenvalue weighted by atomic mass is 10.00. The summed E-state index contributed by atoms with van der Waals surface area (Å²) in [6, 6.07) is 21.0. The zero-order valence-electron chi connectivity index (χ0n) is 19.3.